The van der Waals surface area contributed by atoms with Crippen LogP contribution < -0.4 is 10.1 Å². The number of fused-ring (bicyclic) bond motifs is 1. The Labute approximate surface area is 172 Å². The van der Waals surface area contributed by atoms with E-state index in [2.05, 4.69) is 52.7 Å². The maximum atomic E-state index is 12.5. The molecule has 1 aliphatic rings. The molecule has 1 fully saturated rings. The van der Waals surface area contributed by atoms with Gasteiger partial charge < -0.3 is 10.1 Å². The van der Waals surface area contributed by atoms with Gasteiger partial charge in [0.05, 0.1) is 13.5 Å². The van der Waals surface area contributed by atoms with Gasteiger partial charge in [0.15, 0.2) is 0 Å². The van der Waals surface area contributed by atoms with Crippen LogP contribution in [0.5, 0.6) is 5.75 Å². The number of ether oxygens (including phenoxy) is 1. The largest absolute Gasteiger partial charge is 0.496 e. The molecule has 4 nitrogen and oxygen atoms in total. The lowest BCUT2D eigenvalue weighted by Gasteiger charge is -2.32. The van der Waals surface area contributed by atoms with Gasteiger partial charge in [-0.25, -0.2) is 0 Å². The van der Waals surface area contributed by atoms with E-state index in [1.54, 1.807) is 7.11 Å². The van der Waals surface area contributed by atoms with Gasteiger partial charge in [-0.2, -0.15) is 0 Å². The van der Waals surface area contributed by atoms with Crippen molar-refractivity contribution in [2.75, 3.05) is 20.2 Å². The molecule has 1 amide bonds. The van der Waals surface area contributed by atoms with Gasteiger partial charge >= 0.3 is 0 Å². The molecule has 0 radical (unpaired) electrons. The molecule has 0 unspecified atom stereocenters. The van der Waals surface area contributed by atoms with Crippen molar-refractivity contribution in [1.82, 2.24) is 10.2 Å². The predicted octanol–water partition coefficient (Wildman–Crippen LogP) is 4.17. The number of amides is 1. The zero-order valence-electron chi connectivity index (χ0n) is 16.9. The fraction of sp³-hybridized carbons (Fsp3) is 0.320. The molecule has 0 bridgehead atoms. The molecule has 0 atom stereocenters. The summed E-state index contributed by atoms with van der Waals surface area (Å²) in [5.41, 5.74) is 2.28. The van der Waals surface area contributed by atoms with E-state index >= 15 is 0 Å². The Balaban J connectivity index is 1.27. The van der Waals surface area contributed by atoms with Crippen LogP contribution >= 0.6 is 0 Å². The predicted molar refractivity (Wildman–Crippen MR) is 117 cm³/mol. The summed E-state index contributed by atoms with van der Waals surface area (Å²) in [5, 5.41) is 5.62. The SMILES string of the molecule is COc1ccccc1CN1CCC(NC(=O)Cc2ccc3ccccc3c2)CC1. The summed E-state index contributed by atoms with van der Waals surface area (Å²) in [7, 11) is 1.72. The molecule has 4 heteroatoms. The standard InChI is InChI=1S/C25H28N2O2/c1-29-24-9-5-4-8-22(24)18-27-14-12-23(13-15-27)26-25(28)17-19-10-11-20-6-2-3-7-21(20)16-19/h2-11,16,23H,12-15,17-18H2,1H3,(H,26,28). The molecule has 1 N–H and O–H groups in total. The fourth-order valence-corrected chi connectivity index (χ4v) is 4.12. The van der Waals surface area contributed by atoms with Crippen LogP contribution in [-0.2, 0) is 17.8 Å². The number of carbonyl (C=O) groups excluding carboxylic acids is 1. The number of hydrogen-bond acceptors (Lipinski definition) is 3. The number of nitrogens with one attached hydrogen (secondary N) is 1. The van der Waals surface area contributed by atoms with E-state index in [1.807, 2.05) is 24.3 Å². The molecule has 4 rings (SSSR count). The zero-order valence-corrected chi connectivity index (χ0v) is 16.9. The summed E-state index contributed by atoms with van der Waals surface area (Å²) in [6.07, 6.45) is 2.41. The Morgan fingerprint density at radius 1 is 1.00 bits per heavy atom. The van der Waals surface area contributed by atoms with E-state index in [4.69, 9.17) is 4.74 Å². The molecule has 150 valence electrons. The normalized spacial score (nSPS) is 15.3. The monoisotopic (exact) mass is 388 g/mol. The van der Waals surface area contributed by atoms with Gasteiger partial charge in [-0.1, -0.05) is 60.7 Å². The van der Waals surface area contributed by atoms with Crippen molar-refractivity contribution >= 4 is 16.7 Å². The molecule has 0 aromatic heterocycles. The van der Waals surface area contributed by atoms with Crippen LogP contribution in [0.2, 0.25) is 0 Å². The Hall–Kier alpha value is -2.85. The highest BCUT2D eigenvalue weighted by Gasteiger charge is 2.21. The van der Waals surface area contributed by atoms with E-state index in [9.17, 15) is 4.79 Å². The van der Waals surface area contributed by atoms with Gasteiger partial charge in [-0.3, -0.25) is 9.69 Å². The lowest BCUT2D eigenvalue weighted by Crippen LogP contribution is -2.44. The molecule has 29 heavy (non-hydrogen) atoms. The third-order valence-corrected chi connectivity index (χ3v) is 5.72. The number of rotatable bonds is 6. The van der Waals surface area contributed by atoms with E-state index in [0.29, 0.717) is 6.42 Å². The molecule has 3 aromatic rings. The number of carbonyl (C=O) groups is 1. The molecular formula is C25H28N2O2. The average Bonchev–Trinajstić information content (AvgIpc) is 2.75. The first-order chi connectivity index (χ1) is 14.2. The van der Waals surface area contributed by atoms with Gasteiger partial charge in [0.2, 0.25) is 5.91 Å². The van der Waals surface area contributed by atoms with Crippen LogP contribution in [0.3, 0.4) is 0 Å². The number of benzene rings is 3. The Morgan fingerprint density at radius 2 is 1.72 bits per heavy atom. The first-order valence-electron chi connectivity index (χ1n) is 10.3. The van der Waals surface area contributed by atoms with Gasteiger partial charge in [0.1, 0.15) is 5.75 Å². The number of methoxy groups -OCH3 is 1. The number of piperidine rings is 1. The molecule has 1 saturated heterocycles. The van der Waals surface area contributed by atoms with Gasteiger partial charge in [-0.15, -0.1) is 0 Å². The lowest BCUT2D eigenvalue weighted by molar-refractivity contribution is -0.121. The average molecular weight is 389 g/mol. The first-order valence-corrected chi connectivity index (χ1v) is 10.3. The molecular weight excluding hydrogens is 360 g/mol. The second-order valence-electron chi connectivity index (χ2n) is 7.79. The van der Waals surface area contributed by atoms with Crippen molar-refractivity contribution < 1.29 is 9.53 Å². The minimum absolute atomic E-state index is 0.114. The number of hydrogen-bond donors (Lipinski definition) is 1. The van der Waals surface area contributed by atoms with Crippen LogP contribution in [0, 0.1) is 0 Å². The molecule has 0 saturated carbocycles. The number of likely N-dealkylation sites (tertiary alicyclic amines) is 1. The highest BCUT2D eigenvalue weighted by Crippen LogP contribution is 2.22. The molecule has 1 heterocycles. The van der Waals surface area contributed by atoms with Crippen LogP contribution in [0.15, 0.2) is 66.7 Å². The van der Waals surface area contributed by atoms with Crippen molar-refractivity contribution in [2.45, 2.75) is 31.8 Å². The van der Waals surface area contributed by atoms with E-state index in [-0.39, 0.29) is 11.9 Å². The van der Waals surface area contributed by atoms with E-state index in [0.717, 1.165) is 43.8 Å². The van der Waals surface area contributed by atoms with Crippen molar-refractivity contribution in [3.63, 3.8) is 0 Å². The maximum Gasteiger partial charge on any atom is 0.224 e. The van der Waals surface area contributed by atoms with Crippen LogP contribution in [0.25, 0.3) is 10.8 Å². The second-order valence-corrected chi connectivity index (χ2v) is 7.79. The van der Waals surface area contributed by atoms with E-state index < -0.39 is 0 Å². The van der Waals surface area contributed by atoms with Crippen LogP contribution in [0.4, 0.5) is 0 Å². The Morgan fingerprint density at radius 3 is 2.52 bits per heavy atom. The quantitative estimate of drug-likeness (QED) is 0.689. The highest BCUT2D eigenvalue weighted by molar-refractivity contribution is 5.85. The summed E-state index contributed by atoms with van der Waals surface area (Å²) >= 11 is 0. The minimum Gasteiger partial charge on any atom is -0.496 e. The van der Waals surface area contributed by atoms with Gasteiger partial charge in [0, 0.05) is 31.2 Å². The molecule has 0 spiro atoms. The number of para-hydroxylation sites is 1. The van der Waals surface area contributed by atoms with Gasteiger partial charge in [-0.05, 0) is 35.2 Å². The van der Waals surface area contributed by atoms with Gasteiger partial charge in [0.25, 0.3) is 0 Å². The fourth-order valence-electron chi connectivity index (χ4n) is 4.12. The zero-order chi connectivity index (χ0) is 20.1. The van der Waals surface area contributed by atoms with Crippen LogP contribution in [-0.4, -0.2) is 37.0 Å². The van der Waals surface area contributed by atoms with Crippen molar-refractivity contribution in [1.29, 1.82) is 0 Å². The van der Waals surface area contributed by atoms with E-state index in [1.165, 1.54) is 16.3 Å². The summed E-state index contributed by atoms with van der Waals surface area (Å²) < 4.78 is 5.46. The summed E-state index contributed by atoms with van der Waals surface area (Å²) in [5.74, 6) is 1.06. The second kappa shape index (κ2) is 9.10. The smallest absolute Gasteiger partial charge is 0.224 e. The molecule has 1 aliphatic heterocycles. The third-order valence-electron chi connectivity index (χ3n) is 5.72. The summed E-state index contributed by atoms with van der Waals surface area (Å²) in [6.45, 7) is 2.86. The molecule has 3 aromatic carbocycles. The minimum atomic E-state index is 0.114. The molecule has 0 aliphatic carbocycles. The highest BCUT2D eigenvalue weighted by atomic mass is 16.5. The van der Waals surface area contributed by atoms with Crippen molar-refractivity contribution in [3.8, 4) is 5.75 Å². The Kier molecular flexibility index (Phi) is 6.11. The lowest BCUT2D eigenvalue weighted by atomic mass is 10.0. The van der Waals surface area contributed by atoms with Crippen molar-refractivity contribution in [3.05, 3.63) is 77.9 Å². The maximum absolute atomic E-state index is 12.5. The first kappa shape index (κ1) is 19.5. The Bertz CT molecular complexity index is 977. The summed E-state index contributed by atoms with van der Waals surface area (Å²) in [6, 6.07) is 23.0. The number of nitrogens with zero attached hydrogens (tertiary/aromatic N) is 1. The van der Waals surface area contributed by atoms with Crippen molar-refractivity contribution in [2.24, 2.45) is 0 Å². The summed E-state index contributed by atoms with van der Waals surface area (Å²) in [4.78, 5) is 15.0. The third kappa shape index (κ3) is 4.96. The van der Waals surface area contributed by atoms with Crippen LogP contribution in [0.1, 0.15) is 24.0 Å². The topological polar surface area (TPSA) is 41.6 Å².